The molecule has 0 amide bonds. The first-order valence-electron chi connectivity index (χ1n) is 6.79. The molecular formula is C16H18Br2N2. The zero-order valence-electron chi connectivity index (χ0n) is 11.4. The van der Waals surface area contributed by atoms with Crippen molar-refractivity contribution in [3.05, 3.63) is 62.8 Å². The fraction of sp³-hybridized carbons (Fsp3) is 0.312. The van der Waals surface area contributed by atoms with E-state index in [4.69, 9.17) is 0 Å². The molecule has 1 atom stereocenters. The molecule has 4 heteroatoms. The summed E-state index contributed by atoms with van der Waals surface area (Å²) in [5, 5.41) is 3.61. The lowest BCUT2D eigenvalue weighted by Gasteiger charge is -2.20. The quantitative estimate of drug-likeness (QED) is 0.750. The third-order valence-corrected chi connectivity index (χ3v) is 4.33. The van der Waals surface area contributed by atoms with Crippen molar-refractivity contribution in [1.82, 2.24) is 10.3 Å². The van der Waals surface area contributed by atoms with Crippen LogP contribution in [0.5, 0.6) is 0 Å². The number of halogens is 2. The standard InChI is InChI=1S/C16H18Br2N2/c1-2-8-20-16(11-13-5-3-4-9-19-13)14-10-12(17)6-7-15(14)18/h3-7,9-10,16,20H,2,8,11H2,1H3. The van der Waals surface area contributed by atoms with Gasteiger partial charge in [0.05, 0.1) is 0 Å². The molecule has 0 saturated carbocycles. The molecule has 0 aliphatic carbocycles. The lowest BCUT2D eigenvalue weighted by atomic mass is 10.0. The normalized spacial score (nSPS) is 12.3. The lowest BCUT2D eigenvalue weighted by molar-refractivity contribution is 0.522. The Morgan fingerprint density at radius 1 is 1.20 bits per heavy atom. The van der Waals surface area contributed by atoms with Crippen LogP contribution in [-0.4, -0.2) is 11.5 Å². The highest BCUT2D eigenvalue weighted by Crippen LogP contribution is 2.28. The number of rotatable bonds is 6. The average molecular weight is 398 g/mol. The molecule has 106 valence electrons. The van der Waals surface area contributed by atoms with Crippen molar-refractivity contribution < 1.29 is 0 Å². The number of aromatic nitrogens is 1. The molecule has 0 aliphatic heterocycles. The summed E-state index contributed by atoms with van der Waals surface area (Å²) in [4.78, 5) is 4.44. The third-order valence-electron chi connectivity index (χ3n) is 3.11. The fourth-order valence-electron chi connectivity index (χ4n) is 2.12. The predicted molar refractivity (Wildman–Crippen MR) is 90.8 cm³/mol. The molecule has 0 spiro atoms. The smallest absolute Gasteiger partial charge is 0.0422 e. The Morgan fingerprint density at radius 3 is 2.75 bits per heavy atom. The van der Waals surface area contributed by atoms with Gasteiger partial charge in [-0.15, -0.1) is 0 Å². The van der Waals surface area contributed by atoms with Crippen LogP contribution in [0.2, 0.25) is 0 Å². The van der Waals surface area contributed by atoms with Gasteiger partial charge in [-0.1, -0.05) is 44.8 Å². The van der Waals surface area contributed by atoms with E-state index < -0.39 is 0 Å². The van der Waals surface area contributed by atoms with E-state index in [-0.39, 0.29) is 6.04 Å². The Kier molecular flexibility index (Phi) is 6.20. The topological polar surface area (TPSA) is 24.9 Å². The third kappa shape index (κ3) is 4.40. The van der Waals surface area contributed by atoms with Crippen molar-refractivity contribution in [2.24, 2.45) is 0 Å². The monoisotopic (exact) mass is 396 g/mol. The Labute approximate surface area is 137 Å². The van der Waals surface area contributed by atoms with Gasteiger partial charge in [-0.05, 0) is 48.9 Å². The van der Waals surface area contributed by atoms with Crippen LogP contribution in [0.3, 0.4) is 0 Å². The molecule has 0 saturated heterocycles. The Balaban J connectivity index is 2.24. The fourth-order valence-corrected chi connectivity index (χ4v) is 3.02. The molecule has 1 N–H and O–H groups in total. The summed E-state index contributed by atoms with van der Waals surface area (Å²) in [5.74, 6) is 0. The van der Waals surface area contributed by atoms with Gasteiger partial charge in [0.2, 0.25) is 0 Å². The average Bonchev–Trinajstić information content (AvgIpc) is 2.47. The predicted octanol–water partition coefficient (Wildman–Crippen LogP) is 4.89. The van der Waals surface area contributed by atoms with Crippen LogP contribution < -0.4 is 5.32 Å². The van der Waals surface area contributed by atoms with Crippen LogP contribution in [0.1, 0.15) is 30.6 Å². The van der Waals surface area contributed by atoms with Gasteiger partial charge in [-0.2, -0.15) is 0 Å². The molecule has 0 radical (unpaired) electrons. The highest BCUT2D eigenvalue weighted by molar-refractivity contribution is 9.11. The maximum Gasteiger partial charge on any atom is 0.0422 e. The van der Waals surface area contributed by atoms with Gasteiger partial charge in [0, 0.05) is 33.3 Å². The molecule has 0 aliphatic rings. The molecule has 1 heterocycles. The minimum absolute atomic E-state index is 0.261. The second-order valence-electron chi connectivity index (χ2n) is 4.70. The molecule has 2 aromatic rings. The maximum absolute atomic E-state index is 4.44. The highest BCUT2D eigenvalue weighted by Gasteiger charge is 2.15. The molecular weight excluding hydrogens is 380 g/mol. The molecule has 2 nitrogen and oxygen atoms in total. The summed E-state index contributed by atoms with van der Waals surface area (Å²) in [5.41, 5.74) is 2.37. The van der Waals surface area contributed by atoms with E-state index >= 15 is 0 Å². The summed E-state index contributed by atoms with van der Waals surface area (Å²) in [7, 11) is 0. The SMILES string of the molecule is CCCNC(Cc1ccccn1)c1cc(Br)ccc1Br. The molecule has 1 aromatic heterocycles. The van der Waals surface area contributed by atoms with E-state index in [0.29, 0.717) is 0 Å². The molecule has 0 bridgehead atoms. The van der Waals surface area contributed by atoms with E-state index in [1.54, 1.807) is 0 Å². The second kappa shape index (κ2) is 7.91. The van der Waals surface area contributed by atoms with Crippen LogP contribution in [-0.2, 0) is 6.42 Å². The number of benzene rings is 1. The van der Waals surface area contributed by atoms with Gasteiger partial charge in [-0.3, -0.25) is 4.98 Å². The van der Waals surface area contributed by atoms with E-state index in [1.807, 2.05) is 24.4 Å². The van der Waals surface area contributed by atoms with E-state index in [2.05, 4.69) is 67.3 Å². The second-order valence-corrected chi connectivity index (χ2v) is 6.47. The van der Waals surface area contributed by atoms with Crippen LogP contribution in [0.4, 0.5) is 0 Å². The van der Waals surface area contributed by atoms with Crippen molar-refractivity contribution >= 4 is 31.9 Å². The van der Waals surface area contributed by atoms with Crippen LogP contribution in [0.25, 0.3) is 0 Å². The van der Waals surface area contributed by atoms with Crippen LogP contribution in [0, 0.1) is 0 Å². The number of nitrogens with one attached hydrogen (secondary N) is 1. The minimum atomic E-state index is 0.261. The Hall–Kier alpha value is -0.710. The molecule has 1 aromatic carbocycles. The molecule has 20 heavy (non-hydrogen) atoms. The van der Waals surface area contributed by atoms with Crippen molar-refractivity contribution in [2.45, 2.75) is 25.8 Å². The van der Waals surface area contributed by atoms with Crippen molar-refractivity contribution in [1.29, 1.82) is 0 Å². The number of hydrogen-bond acceptors (Lipinski definition) is 2. The van der Waals surface area contributed by atoms with Crippen molar-refractivity contribution in [3.8, 4) is 0 Å². The lowest BCUT2D eigenvalue weighted by Crippen LogP contribution is -2.24. The number of nitrogens with zero attached hydrogens (tertiary/aromatic N) is 1. The van der Waals surface area contributed by atoms with E-state index in [0.717, 1.165) is 34.0 Å². The van der Waals surface area contributed by atoms with Gasteiger partial charge in [0.15, 0.2) is 0 Å². The van der Waals surface area contributed by atoms with Gasteiger partial charge >= 0.3 is 0 Å². The molecule has 1 unspecified atom stereocenters. The minimum Gasteiger partial charge on any atom is -0.310 e. The molecule has 2 rings (SSSR count). The zero-order valence-corrected chi connectivity index (χ0v) is 14.6. The van der Waals surface area contributed by atoms with Gasteiger partial charge in [0.25, 0.3) is 0 Å². The summed E-state index contributed by atoms with van der Waals surface area (Å²) in [6.45, 7) is 3.18. The first-order valence-corrected chi connectivity index (χ1v) is 8.37. The Morgan fingerprint density at radius 2 is 2.05 bits per heavy atom. The van der Waals surface area contributed by atoms with Gasteiger partial charge < -0.3 is 5.32 Å². The first kappa shape index (κ1) is 15.7. The van der Waals surface area contributed by atoms with E-state index in [1.165, 1.54) is 5.56 Å². The maximum atomic E-state index is 4.44. The highest BCUT2D eigenvalue weighted by atomic mass is 79.9. The summed E-state index contributed by atoms with van der Waals surface area (Å²) >= 11 is 7.21. The zero-order chi connectivity index (χ0) is 14.4. The summed E-state index contributed by atoms with van der Waals surface area (Å²) < 4.78 is 2.23. The van der Waals surface area contributed by atoms with Crippen molar-refractivity contribution in [2.75, 3.05) is 6.54 Å². The van der Waals surface area contributed by atoms with Gasteiger partial charge in [0.1, 0.15) is 0 Å². The first-order chi connectivity index (χ1) is 9.70. The number of pyridine rings is 1. The summed E-state index contributed by atoms with van der Waals surface area (Å²) in [6, 6.07) is 12.6. The van der Waals surface area contributed by atoms with Crippen LogP contribution >= 0.6 is 31.9 Å². The largest absolute Gasteiger partial charge is 0.310 e. The molecule has 0 fully saturated rings. The summed E-state index contributed by atoms with van der Waals surface area (Å²) in [6.07, 6.45) is 3.85. The number of hydrogen-bond donors (Lipinski definition) is 1. The van der Waals surface area contributed by atoms with Gasteiger partial charge in [-0.25, -0.2) is 0 Å². The van der Waals surface area contributed by atoms with E-state index in [9.17, 15) is 0 Å². The van der Waals surface area contributed by atoms with Crippen LogP contribution in [0.15, 0.2) is 51.5 Å². The Bertz CT molecular complexity index is 543. The van der Waals surface area contributed by atoms with Crippen molar-refractivity contribution in [3.63, 3.8) is 0 Å².